The van der Waals surface area contributed by atoms with Gasteiger partial charge in [0.1, 0.15) is 5.15 Å². The number of pyridine rings is 1. The molecule has 0 unspecified atom stereocenters. The van der Waals surface area contributed by atoms with E-state index in [1.165, 1.54) is 0 Å². The first kappa shape index (κ1) is 19.4. The van der Waals surface area contributed by atoms with Crippen molar-refractivity contribution in [1.82, 2.24) is 15.2 Å². The summed E-state index contributed by atoms with van der Waals surface area (Å²) in [5.74, 6) is 6.25. The maximum absolute atomic E-state index is 11.9. The number of hydrogen-bond donors (Lipinski definition) is 2. The van der Waals surface area contributed by atoms with Crippen LogP contribution in [-0.4, -0.2) is 54.8 Å². The van der Waals surface area contributed by atoms with E-state index in [4.69, 9.17) is 16.3 Å². The van der Waals surface area contributed by atoms with E-state index in [9.17, 15) is 4.79 Å². The van der Waals surface area contributed by atoms with Crippen LogP contribution in [0.1, 0.15) is 32.3 Å². The molecule has 1 aliphatic rings. The number of morpholine rings is 1. The summed E-state index contributed by atoms with van der Waals surface area (Å²) in [6.07, 6.45) is 3.18. The summed E-state index contributed by atoms with van der Waals surface area (Å²) >= 11 is 5.95. The van der Waals surface area contributed by atoms with E-state index in [0.29, 0.717) is 44.4 Å². The van der Waals surface area contributed by atoms with Gasteiger partial charge in [-0.1, -0.05) is 23.4 Å². The standard InChI is InChI=1S/C18H25ClN4O2/c1-14(2)22-16-12-17(19)21-13-15(16)6-4-3-5-7-20-18(24)23-8-10-25-11-9-23/h12-14H,3,5,7-11H2,1-2H3,(H,20,24)(H,21,22). The van der Waals surface area contributed by atoms with Crippen molar-refractivity contribution in [2.45, 2.75) is 32.7 Å². The molecule has 136 valence electrons. The summed E-state index contributed by atoms with van der Waals surface area (Å²) < 4.78 is 5.23. The van der Waals surface area contributed by atoms with Gasteiger partial charge in [0.2, 0.25) is 0 Å². The lowest BCUT2D eigenvalue weighted by Crippen LogP contribution is -2.46. The number of hydrogen-bond acceptors (Lipinski definition) is 4. The highest BCUT2D eigenvalue weighted by atomic mass is 35.5. The monoisotopic (exact) mass is 364 g/mol. The van der Waals surface area contributed by atoms with Crippen molar-refractivity contribution >= 4 is 23.3 Å². The molecule has 2 rings (SSSR count). The zero-order valence-corrected chi connectivity index (χ0v) is 15.5. The molecule has 1 aromatic heterocycles. The highest BCUT2D eigenvalue weighted by molar-refractivity contribution is 6.29. The maximum Gasteiger partial charge on any atom is 0.317 e. The molecule has 0 spiro atoms. The third-order valence-electron chi connectivity index (χ3n) is 3.59. The van der Waals surface area contributed by atoms with E-state index >= 15 is 0 Å². The predicted molar refractivity (Wildman–Crippen MR) is 99.9 cm³/mol. The van der Waals surface area contributed by atoms with Crippen molar-refractivity contribution in [3.05, 3.63) is 23.0 Å². The van der Waals surface area contributed by atoms with Crippen LogP contribution in [0.2, 0.25) is 5.15 Å². The average Bonchev–Trinajstić information content (AvgIpc) is 2.59. The number of urea groups is 1. The summed E-state index contributed by atoms with van der Waals surface area (Å²) in [7, 11) is 0. The van der Waals surface area contributed by atoms with Gasteiger partial charge in [-0.15, -0.1) is 0 Å². The third kappa shape index (κ3) is 6.81. The Hall–Kier alpha value is -1.97. The summed E-state index contributed by atoms with van der Waals surface area (Å²) in [6, 6.07) is 2.05. The van der Waals surface area contributed by atoms with Gasteiger partial charge in [-0.2, -0.15) is 0 Å². The summed E-state index contributed by atoms with van der Waals surface area (Å²) in [6.45, 7) is 7.26. The fraction of sp³-hybridized carbons (Fsp3) is 0.556. The highest BCUT2D eigenvalue weighted by Gasteiger charge is 2.15. The number of unbranched alkanes of at least 4 members (excludes halogenated alkanes) is 1. The van der Waals surface area contributed by atoms with Crippen molar-refractivity contribution in [3.8, 4) is 11.8 Å². The molecular formula is C18H25ClN4O2. The van der Waals surface area contributed by atoms with Crippen LogP contribution in [0.3, 0.4) is 0 Å². The first-order valence-electron chi connectivity index (χ1n) is 8.57. The van der Waals surface area contributed by atoms with Gasteiger partial charge in [0, 0.05) is 38.3 Å². The molecule has 0 atom stereocenters. The Morgan fingerprint density at radius 3 is 2.92 bits per heavy atom. The molecule has 0 radical (unpaired) electrons. The molecule has 1 aromatic rings. The molecule has 1 saturated heterocycles. The minimum Gasteiger partial charge on any atom is -0.382 e. The topological polar surface area (TPSA) is 66.5 Å². The minimum atomic E-state index is -0.0263. The fourth-order valence-electron chi connectivity index (χ4n) is 2.37. The molecule has 1 fully saturated rings. The second-order valence-electron chi connectivity index (χ2n) is 6.09. The van der Waals surface area contributed by atoms with Gasteiger partial charge in [-0.05, 0) is 26.3 Å². The van der Waals surface area contributed by atoms with Crippen LogP contribution < -0.4 is 10.6 Å². The number of carbonyl (C=O) groups is 1. The van der Waals surface area contributed by atoms with Crippen molar-refractivity contribution < 1.29 is 9.53 Å². The van der Waals surface area contributed by atoms with Gasteiger partial charge < -0.3 is 20.3 Å². The number of halogens is 1. The number of anilines is 1. The lowest BCUT2D eigenvalue weighted by molar-refractivity contribution is 0.0532. The van der Waals surface area contributed by atoms with Crippen LogP contribution >= 0.6 is 11.6 Å². The number of carbonyl (C=O) groups excluding carboxylic acids is 1. The molecular weight excluding hydrogens is 340 g/mol. The van der Waals surface area contributed by atoms with Gasteiger partial charge in [0.15, 0.2) is 0 Å². The van der Waals surface area contributed by atoms with Gasteiger partial charge in [0.25, 0.3) is 0 Å². The van der Waals surface area contributed by atoms with Crippen LogP contribution in [0.25, 0.3) is 0 Å². The zero-order chi connectivity index (χ0) is 18.1. The SMILES string of the molecule is CC(C)Nc1cc(Cl)ncc1C#CCCCNC(=O)N1CCOCC1. The van der Waals surface area contributed by atoms with Crippen LogP contribution in [-0.2, 0) is 4.74 Å². The molecule has 0 aromatic carbocycles. The minimum absolute atomic E-state index is 0.0263. The smallest absolute Gasteiger partial charge is 0.317 e. The van der Waals surface area contributed by atoms with Crippen LogP contribution in [0.5, 0.6) is 0 Å². The molecule has 0 bridgehead atoms. The van der Waals surface area contributed by atoms with Crippen LogP contribution in [0.15, 0.2) is 12.3 Å². The molecule has 2 heterocycles. The molecule has 6 nitrogen and oxygen atoms in total. The summed E-state index contributed by atoms with van der Waals surface area (Å²) in [5.41, 5.74) is 1.72. The van der Waals surface area contributed by atoms with E-state index in [-0.39, 0.29) is 12.1 Å². The molecule has 0 aliphatic carbocycles. The second kappa shape index (κ2) is 10.1. The third-order valence-corrected chi connectivity index (χ3v) is 3.80. The van der Waals surface area contributed by atoms with Crippen molar-refractivity contribution in [2.75, 3.05) is 38.2 Å². The lowest BCUT2D eigenvalue weighted by atomic mass is 10.2. The van der Waals surface area contributed by atoms with Gasteiger partial charge in [-0.3, -0.25) is 0 Å². The molecule has 7 heteroatoms. The molecule has 2 amide bonds. The van der Waals surface area contributed by atoms with Gasteiger partial charge >= 0.3 is 6.03 Å². The summed E-state index contributed by atoms with van der Waals surface area (Å²) in [4.78, 5) is 17.8. The second-order valence-corrected chi connectivity index (χ2v) is 6.48. The van der Waals surface area contributed by atoms with Crippen molar-refractivity contribution in [3.63, 3.8) is 0 Å². The number of rotatable bonds is 5. The van der Waals surface area contributed by atoms with E-state index in [2.05, 4.69) is 41.3 Å². The van der Waals surface area contributed by atoms with Gasteiger partial charge in [0.05, 0.1) is 24.5 Å². The maximum atomic E-state index is 11.9. The first-order chi connectivity index (χ1) is 12.1. The van der Waals surface area contributed by atoms with E-state index in [1.54, 1.807) is 17.2 Å². The highest BCUT2D eigenvalue weighted by Crippen LogP contribution is 2.18. The number of amides is 2. The Morgan fingerprint density at radius 2 is 2.20 bits per heavy atom. The van der Waals surface area contributed by atoms with E-state index in [0.717, 1.165) is 17.7 Å². The first-order valence-corrected chi connectivity index (χ1v) is 8.95. The average molecular weight is 365 g/mol. The number of aromatic nitrogens is 1. The Labute approximate surface area is 154 Å². The zero-order valence-electron chi connectivity index (χ0n) is 14.8. The summed E-state index contributed by atoms with van der Waals surface area (Å²) in [5, 5.41) is 6.68. The van der Waals surface area contributed by atoms with Crippen molar-refractivity contribution in [2.24, 2.45) is 0 Å². The van der Waals surface area contributed by atoms with E-state index < -0.39 is 0 Å². The number of nitrogens with zero attached hydrogens (tertiary/aromatic N) is 2. The molecule has 2 N–H and O–H groups in total. The fourth-order valence-corrected chi connectivity index (χ4v) is 2.53. The molecule has 25 heavy (non-hydrogen) atoms. The Morgan fingerprint density at radius 1 is 1.44 bits per heavy atom. The quantitative estimate of drug-likeness (QED) is 0.479. The van der Waals surface area contributed by atoms with E-state index in [1.807, 2.05) is 0 Å². The Bertz CT molecular complexity index is 634. The number of nitrogens with one attached hydrogen (secondary N) is 2. The molecule has 1 aliphatic heterocycles. The Balaban J connectivity index is 1.76. The van der Waals surface area contributed by atoms with Crippen molar-refractivity contribution in [1.29, 1.82) is 0 Å². The van der Waals surface area contributed by atoms with Crippen LogP contribution in [0, 0.1) is 11.8 Å². The molecule has 0 saturated carbocycles. The number of ether oxygens (including phenoxy) is 1. The Kier molecular flexibility index (Phi) is 7.83. The predicted octanol–water partition coefficient (Wildman–Crippen LogP) is 2.73. The normalized spacial score (nSPS) is 14.0. The van der Waals surface area contributed by atoms with Crippen LogP contribution in [0.4, 0.5) is 10.5 Å². The largest absolute Gasteiger partial charge is 0.382 e. The lowest BCUT2D eigenvalue weighted by Gasteiger charge is -2.26. The van der Waals surface area contributed by atoms with Gasteiger partial charge in [-0.25, -0.2) is 9.78 Å².